The number of hydrogen-bond acceptors (Lipinski definition) is 16. The van der Waals surface area contributed by atoms with Gasteiger partial charge in [-0.15, -0.1) is 0 Å². The van der Waals surface area contributed by atoms with Gasteiger partial charge >= 0.3 is 0 Å². The Hall–Kier alpha value is -5.04. The molecule has 7 rings (SSSR count). The second-order valence-electron chi connectivity index (χ2n) is 16.5. The van der Waals surface area contributed by atoms with Crippen molar-refractivity contribution in [2.24, 2.45) is 0 Å². The topological polar surface area (TPSA) is 192 Å². The fourth-order valence-corrected chi connectivity index (χ4v) is 7.51. The molecule has 0 spiro atoms. The highest BCUT2D eigenvalue weighted by atomic mass is 16.7. The van der Waals surface area contributed by atoms with Crippen LogP contribution in [-0.2, 0) is 18.9 Å². The minimum atomic E-state index is -0.969. The van der Waals surface area contributed by atoms with Gasteiger partial charge in [0.1, 0.15) is 77.3 Å². The number of hydrogen-bond donors (Lipinski definition) is 4. The predicted molar refractivity (Wildman–Crippen MR) is 235 cm³/mol. The van der Waals surface area contributed by atoms with Crippen LogP contribution in [-0.4, -0.2) is 135 Å². The first-order valence-corrected chi connectivity index (χ1v) is 22.4. The molecular formula is C49H62O16. The fourth-order valence-electron chi connectivity index (χ4n) is 7.51. The molecule has 1 fully saturated rings. The Kier molecular flexibility index (Phi) is 18.0. The lowest BCUT2D eigenvalue weighted by Crippen LogP contribution is -2.42. The van der Waals surface area contributed by atoms with Gasteiger partial charge in [0.25, 0.3) is 0 Å². The molecule has 65 heavy (non-hydrogen) atoms. The van der Waals surface area contributed by atoms with E-state index in [1.165, 1.54) is 0 Å². The summed E-state index contributed by atoms with van der Waals surface area (Å²) in [7, 11) is 0. The molecule has 3 heterocycles. The largest absolute Gasteiger partial charge is 0.487 e. The summed E-state index contributed by atoms with van der Waals surface area (Å²) in [5.74, 6) is 3.45. The summed E-state index contributed by atoms with van der Waals surface area (Å²) >= 11 is 0. The van der Waals surface area contributed by atoms with E-state index in [9.17, 15) is 20.4 Å². The third kappa shape index (κ3) is 15.3. The van der Waals surface area contributed by atoms with Crippen LogP contribution in [0.3, 0.4) is 0 Å². The van der Waals surface area contributed by atoms with Crippen molar-refractivity contribution in [2.45, 2.75) is 107 Å². The van der Waals surface area contributed by atoms with Crippen LogP contribution in [0.5, 0.6) is 46.0 Å². The van der Waals surface area contributed by atoms with E-state index in [-0.39, 0.29) is 71.5 Å². The summed E-state index contributed by atoms with van der Waals surface area (Å²) in [4.78, 5) is 0. The zero-order valence-electron chi connectivity index (χ0n) is 36.9. The Morgan fingerprint density at radius 3 is 1.02 bits per heavy atom. The van der Waals surface area contributed by atoms with Gasteiger partial charge < -0.3 is 77.3 Å². The molecule has 4 aromatic rings. The van der Waals surface area contributed by atoms with Crippen LogP contribution in [0.15, 0.2) is 97.1 Å². The molecule has 16 heteroatoms. The molecule has 4 atom stereocenters. The van der Waals surface area contributed by atoms with Gasteiger partial charge in [0.2, 0.25) is 0 Å². The predicted octanol–water partition coefficient (Wildman–Crippen LogP) is 5.49. The van der Waals surface area contributed by atoms with E-state index in [0.717, 1.165) is 0 Å². The summed E-state index contributed by atoms with van der Waals surface area (Å²) in [5.41, 5.74) is 0. The third-order valence-electron chi connectivity index (χ3n) is 10.6. The molecule has 3 aliphatic rings. The van der Waals surface area contributed by atoms with Gasteiger partial charge in [-0.05, 0) is 75.2 Å². The standard InChI is InChI=1S/C49H62O16/c1-32(50)21-36-23-37(22-33(2)51)63-48(62-36)19-20-49(64-38-28-58-44-15-7-3-11-40(44)54-24-34(52)25-55-41-12-4-8-16-45(41)59-29-38)65-39-30-60-46-17-9-5-13-42(46)56-26-35(53)27-57-43-14-6-10-18-47(43)61-31-39/h3-18,32-39,48-53H,19-31H2,1-2H3. The summed E-state index contributed by atoms with van der Waals surface area (Å²) in [6.45, 7) is 3.26. The molecule has 0 radical (unpaired) electrons. The van der Waals surface area contributed by atoms with Gasteiger partial charge in [0, 0.05) is 19.3 Å². The summed E-state index contributed by atoms with van der Waals surface area (Å²) in [6.07, 6.45) is -4.93. The number of fused-ring (bicyclic) bond motifs is 4. The SMILES string of the molecule is CC(O)CC1CC(CC(C)O)OC(CCC(OC2COc3ccccc3OCC(O)COc3ccccc3OC2)OC2COc3ccccc3OCC(O)COc3ccccc3OC2)O1. The van der Waals surface area contributed by atoms with Crippen molar-refractivity contribution in [1.29, 1.82) is 0 Å². The molecular weight excluding hydrogens is 845 g/mol. The maximum atomic E-state index is 10.7. The Balaban J connectivity index is 1.18. The monoisotopic (exact) mass is 906 g/mol. The molecule has 0 aliphatic carbocycles. The van der Waals surface area contributed by atoms with E-state index in [0.29, 0.717) is 71.7 Å². The van der Waals surface area contributed by atoms with E-state index < -0.39 is 49.2 Å². The van der Waals surface area contributed by atoms with E-state index in [4.69, 9.17) is 56.8 Å². The highest BCUT2D eigenvalue weighted by Crippen LogP contribution is 2.33. The molecule has 4 unspecified atom stereocenters. The van der Waals surface area contributed by atoms with Crippen LogP contribution >= 0.6 is 0 Å². The van der Waals surface area contributed by atoms with Gasteiger partial charge in [0.15, 0.2) is 58.6 Å². The Bertz CT molecular complexity index is 1770. The van der Waals surface area contributed by atoms with E-state index in [1.54, 1.807) is 62.4 Å². The van der Waals surface area contributed by atoms with E-state index in [2.05, 4.69) is 0 Å². The van der Waals surface area contributed by atoms with Crippen LogP contribution in [0.25, 0.3) is 0 Å². The lowest BCUT2D eigenvalue weighted by Gasteiger charge is -2.37. The van der Waals surface area contributed by atoms with Crippen molar-refractivity contribution < 1.29 is 77.3 Å². The van der Waals surface area contributed by atoms with Crippen molar-refractivity contribution in [3.63, 3.8) is 0 Å². The lowest BCUT2D eigenvalue weighted by molar-refractivity contribution is -0.264. The van der Waals surface area contributed by atoms with Crippen LogP contribution in [0.4, 0.5) is 0 Å². The maximum absolute atomic E-state index is 10.7. The first kappa shape index (κ1) is 47.9. The van der Waals surface area contributed by atoms with Crippen molar-refractivity contribution in [3.8, 4) is 46.0 Å². The molecule has 0 aromatic heterocycles. The van der Waals surface area contributed by atoms with Crippen molar-refractivity contribution in [2.75, 3.05) is 52.9 Å². The zero-order chi connectivity index (χ0) is 45.4. The molecule has 0 bridgehead atoms. The molecule has 16 nitrogen and oxygen atoms in total. The number of aliphatic hydroxyl groups is 4. The quantitative estimate of drug-likeness (QED) is 0.138. The van der Waals surface area contributed by atoms with Crippen molar-refractivity contribution >= 4 is 0 Å². The van der Waals surface area contributed by atoms with Crippen molar-refractivity contribution in [1.82, 2.24) is 0 Å². The number of benzene rings is 4. The molecule has 0 amide bonds. The average molecular weight is 907 g/mol. The van der Waals surface area contributed by atoms with E-state index >= 15 is 0 Å². The molecule has 3 aliphatic heterocycles. The van der Waals surface area contributed by atoms with Crippen LogP contribution in [0.1, 0.15) is 46.0 Å². The highest BCUT2D eigenvalue weighted by Gasteiger charge is 2.34. The number of para-hydroxylation sites is 8. The van der Waals surface area contributed by atoms with Crippen molar-refractivity contribution in [3.05, 3.63) is 97.1 Å². The van der Waals surface area contributed by atoms with Gasteiger partial charge in [-0.25, -0.2) is 0 Å². The average Bonchev–Trinajstić information content (AvgIpc) is 3.29. The Labute approximate surface area is 379 Å². The second-order valence-corrected chi connectivity index (χ2v) is 16.5. The number of aliphatic hydroxyl groups excluding tert-OH is 4. The van der Waals surface area contributed by atoms with Gasteiger partial charge in [-0.2, -0.15) is 0 Å². The Morgan fingerprint density at radius 2 is 0.738 bits per heavy atom. The second kappa shape index (κ2) is 24.5. The first-order valence-electron chi connectivity index (χ1n) is 22.4. The normalized spacial score (nSPS) is 25.7. The molecule has 1 saturated heterocycles. The van der Waals surface area contributed by atoms with Gasteiger partial charge in [-0.1, -0.05) is 48.5 Å². The Morgan fingerprint density at radius 1 is 0.462 bits per heavy atom. The highest BCUT2D eigenvalue weighted by molar-refractivity contribution is 5.42. The first-order chi connectivity index (χ1) is 31.6. The molecule has 0 saturated carbocycles. The molecule has 354 valence electrons. The van der Waals surface area contributed by atoms with Crippen LogP contribution in [0, 0.1) is 0 Å². The summed E-state index contributed by atoms with van der Waals surface area (Å²) in [6, 6.07) is 28.6. The molecule has 4 aromatic carbocycles. The fraction of sp³-hybridized carbons (Fsp3) is 0.510. The third-order valence-corrected chi connectivity index (χ3v) is 10.6. The summed E-state index contributed by atoms with van der Waals surface area (Å²) in [5, 5.41) is 41.9. The summed E-state index contributed by atoms with van der Waals surface area (Å²) < 4.78 is 75.9. The zero-order valence-corrected chi connectivity index (χ0v) is 36.9. The minimum Gasteiger partial charge on any atom is -0.487 e. The number of rotatable bonds is 11. The molecule has 4 N–H and O–H groups in total. The van der Waals surface area contributed by atoms with E-state index in [1.807, 2.05) is 48.5 Å². The van der Waals surface area contributed by atoms with Crippen LogP contribution in [0.2, 0.25) is 0 Å². The smallest absolute Gasteiger partial charge is 0.161 e. The maximum Gasteiger partial charge on any atom is 0.161 e. The van der Waals surface area contributed by atoms with Crippen LogP contribution < -0.4 is 37.9 Å². The van der Waals surface area contributed by atoms with Gasteiger partial charge in [0.05, 0.1) is 24.4 Å². The minimum absolute atomic E-state index is 0.00584. The lowest BCUT2D eigenvalue weighted by atomic mass is 10.0. The number of ether oxygens (including phenoxy) is 12. The van der Waals surface area contributed by atoms with Gasteiger partial charge in [-0.3, -0.25) is 0 Å².